The fraction of sp³-hybridized carbons (Fsp3) is 0.423. The molecule has 12 nitrogen and oxygen atoms in total. The largest absolute Gasteiger partial charge is 0.493 e. The summed E-state index contributed by atoms with van der Waals surface area (Å²) in [5.41, 5.74) is 1.48. The van der Waals surface area contributed by atoms with Crippen LogP contribution in [0.2, 0.25) is 0 Å². The summed E-state index contributed by atoms with van der Waals surface area (Å²) in [7, 11) is 3.10. The number of nitrogens with zero attached hydrogens (tertiary/aromatic N) is 5. The predicted molar refractivity (Wildman–Crippen MR) is 135 cm³/mol. The molecule has 12 heteroatoms. The zero-order chi connectivity index (χ0) is 26.5. The maximum absolute atomic E-state index is 13.4. The second-order valence-corrected chi connectivity index (χ2v) is 9.20. The van der Waals surface area contributed by atoms with Gasteiger partial charge in [-0.1, -0.05) is 18.9 Å². The monoisotopic (exact) mass is 522 g/mol. The number of ether oxygens (including phenoxy) is 4. The van der Waals surface area contributed by atoms with Gasteiger partial charge in [0.05, 0.1) is 20.8 Å². The molecule has 1 N–H and O–H groups in total. The number of benzene rings is 2. The van der Waals surface area contributed by atoms with Crippen molar-refractivity contribution in [3.05, 3.63) is 42.0 Å². The molecule has 2 heterocycles. The number of rotatable bonds is 10. The molecule has 0 radical (unpaired) electrons. The molecule has 200 valence electrons. The first-order valence-corrected chi connectivity index (χ1v) is 12.5. The summed E-state index contributed by atoms with van der Waals surface area (Å²) in [5.74, 6) is 2.20. The Balaban J connectivity index is 1.30. The van der Waals surface area contributed by atoms with Crippen molar-refractivity contribution in [3.8, 4) is 34.4 Å². The Labute approximate surface area is 219 Å². The molecule has 1 aliphatic heterocycles. The Hall–Kier alpha value is -4.35. The number of aromatic nitrogens is 4. The fourth-order valence-electron chi connectivity index (χ4n) is 4.63. The fourth-order valence-corrected chi connectivity index (χ4v) is 4.63. The maximum atomic E-state index is 13.4. The van der Waals surface area contributed by atoms with Crippen molar-refractivity contribution in [3.63, 3.8) is 0 Å². The lowest BCUT2D eigenvalue weighted by Crippen LogP contribution is -2.44. The van der Waals surface area contributed by atoms with Crippen LogP contribution in [0.4, 0.5) is 0 Å². The van der Waals surface area contributed by atoms with E-state index in [2.05, 4.69) is 20.7 Å². The average molecular weight is 523 g/mol. The molecular weight excluding hydrogens is 492 g/mol. The van der Waals surface area contributed by atoms with Crippen LogP contribution in [0.3, 0.4) is 0 Å². The van der Waals surface area contributed by atoms with Gasteiger partial charge in [0, 0.05) is 18.2 Å². The van der Waals surface area contributed by atoms with Crippen LogP contribution in [0.5, 0.6) is 23.0 Å². The van der Waals surface area contributed by atoms with Gasteiger partial charge in [-0.3, -0.25) is 9.59 Å². The number of hydrogen-bond donors (Lipinski definition) is 1. The Morgan fingerprint density at radius 2 is 1.84 bits per heavy atom. The highest BCUT2D eigenvalue weighted by Gasteiger charge is 2.24. The maximum Gasteiger partial charge on any atom is 0.247 e. The molecule has 1 aromatic heterocycles. The van der Waals surface area contributed by atoms with Crippen molar-refractivity contribution in [1.82, 2.24) is 30.4 Å². The van der Waals surface area contributed by atoms with Crippen LogP contribution in [0.15, 0.2) is 36.4 Å². The van der Waals surface area contributed by atoms with Crippen LogP contribution in [0.25, 0.3) is 11.4 Å². The molecule has 0 atom stereocenters. The van der Waals surface area contributed by atoms with Gasteiger partial charge >= 0.3 is 0 Å². The van der Waals surface area contributed by atoms with Crippen molar-refractivity contribution in [1.29, 1.82) is 0 Å². The van der Waals surface area contributed by atoms with E-state index in [9.17, 15) is 9.59 Å². The molecule has 2 aromatic carbocycles. The average Bonchev–Trinajstić information content (AvgIpc) is 3.70. The Kier molecular flexibility index (Phi) is 7.57. The first kappa shape index (κ1) is 25.3. The topological polar surface area (TPSA) is 130 Å². The van der Waals surface area contributed by atoms with E-state index in [1.54, 1.807) is 38.5 Å². The van der Waals surface area contributed by atoms with Crippen molar-refractivity contribution in [2.75, 3.05) is 27.6 Å². The Morgan fingerprint density at radius 1 is 1.05 bits per heavy atom. The van der Waals surface area contributed by atoms with Crippen LogP contribution >= 0.6 is 0 Å². The van der Waals surface area contributed by atoms with Crippen LogP contribution in [-0.4, -0.2) is 70.5 Å². The summed E-state index contributed by atoms with van der Waals surface area (Å²) < 4.78 is 21.5. The molecule has 0 unspecified atom stereocenters. The predicted octanol–water partition coefficient (Wildman–Crippen LogP) is 2.17. The molecule has 1 aliphatic carbocycles. The van der Waals surface area contributed by atoms with E-state index in [0.29, 0.717) is 34.4 Å². The number of methoxy groups -OCH3 is 2. The Morgan fingerprint density at radius 3 is 2.63 bits per heavy atom. The molecule has 0 saturated heterocycles. The molecule has 1 fully saturated rings. The van der Waals surface area contributed by atoms with Crippen LogP contribution in [0, 0.1) is 0 Å². The summed E-state index contributed by atoms with van der Waals surface area (Å²) in [6, 6.07) is 10.9. The minimum Gasteiger partial charge on any atom is -0.493 e. The zero-order valence-corrected chi connectivity index (χ0v) is 21.4. The standard InChI is InChI=1S/C26H30N6O6/c1-35-20-10-8-18(12-22(20)36-2)26-28-30-32(29-26)15-25(34)31(14-24(33)27-19-5-3-4-6-19)13-17-7-9-21-23(11-17)38-16-37-21/h7-12,19H,3-6,13-16H2,1-2H3,(H,27,33). The summed E-state index contributed by atoms with van der Waals surface area (Å²) in [5, 5.41) is 15.6. The molecule has 3 aromatic rings. The molecule has 5 rings (SSSR count). The number of fused-ring (bicyclic) bond motifs is 1. The van der Waals surface area contributed by atoms with Gasteiger partial charge in [-0.25, -0.2) is 0 Å². The number of amides is 2. The molecule has 2 amide bonds. The van der Waals surface area contributed by atoms with E-state index in [1.165, 1.54) is 9.70 Å². The first-order chi connectivity index (χ1) is 18.5. The Bertz CT molecular complexity index is 1310. The highest BCUT2D eigenvalue weighted by Crippen LogP contribution is 2.33. The van der Waals surface area contributed by atoms with Gasteiger partial charge in [0.15, 0.2) is 23.0 Å². The molecule has 2 aliphatic rings. The minimum absolute atomic E-state index is 0.0823. The van der Waals surface area contributed by atoms with E-state index in [0.717, 1.165) is 31.2 Å². The van der Waals surface area contributed by atoms with Gasteiger partial charge in [-0.15, -0.1) is 10.2 Å². The molecule has 0 bridgehead atoms. The lowest BCUT2D eigenvalue weighted by Gasteiger charge is -2.23. The zero-order valence-electron chi connectivity index (χ0n) is 21.4. The van der Waals surface area contributed by atoms with E-state index >= 15 is 0 Å². The SMILES string of the molecule is COc1ccc(-c2nnn(CC(=O)N(CC(=O)NC3CCCC3)Cc3ccc4c(c3)OCO4)n2)cc1OC. The first-order valence-electron chi connectivity index (χ1n) is 12.5. The van der Waals surface area contributed by atoms with Gasteiger partial charge in [-0.2, -0.15) is 4.80 Å². The van der Waals surface area contributed by atoms with Crippen LogP contribution < -0.4 is 24.3 Å². The van der Waals surface area contributed by atoms with Crippen LogP contribution in [0.1, 0.15) is 31.2 Å². The molecule has 38 heavy (non-hydrogen) atoms. The third-order valence-corrected chi connectivity index (χ3v) is 6.59. The van der Waals surface area contributed by atoms with Gasteiger partial charge in [0.1, 0.15) is 6.54 Å². The normalized spacial score (nSPS) is 14.4. The van der Waals surface area contributed by atoms with Gasteiger partial charge in [0.25, 0.3) is 0 Å². The smallest absolute Gasteiger partial charge is 0.247 e. The van der Waals surface area contributed by atoms with Crippen molar-refractivity contribution < 1.29 is 28.5 Å². The second kappa shape index (κ2) is 11.4. The third kappa shape index (κ3) is 5.79. The lowest BCUT2D eigenvalue weighted by atomic mass is 10.2. The summed E-state index contributed by atoms with van der Waals surface area (Å²) in [6.45, 7) is 0.110. The van der Waals surface area contributed by atoms with Crippen molar-refractivity contribution in [2.45, 2.75) is 44.8 Å². The van der Waals surface area contributed by atoms with E-state index in [-0.39, 0.29) is 44.3 Å². The molecular formula is C26H30N6O6. The quantitative estimate of drug-likeness (QED) is 0.426. The number of carbonyl (C=O) groups is 2. The summed E-state index contributed by atoms with van der Waals surface area (Å²) in [6.07, 6.45) is 4.13. The van der Waals surface area contributed by atoms with E-state index < -0.39 is 0 Å². The summed E-state index contributed by atoms with van der Waals surface area (Å²) >= 11 is 0. The van der Waals surface area contributed by atoms with Gasteiger partial charge in [0.2, 0.25) is 24.4 Å². The highest BCUT2D eigenvalue weighted by atomic mass is 16.7. The lowest BCUT2D eigenvalue weighted by molar-refractivity contribution is -0.137. The molecule has 1 saturated carbocycles. The van der Waals surface area contributed by atoms with Crippen molar-refractivity contribution in [2.24, 2.45) is 0 Å². The third-order valence-electron chi connectivity index (χ3n) is 6.59. The van der Waals surface area contributed by atoms with Gasteiger partial charge in [-0.05, 0) is 54.0 Å². The molecule has 0 spiro atoms. The van der Waals surface area contributed by atoms with E-state index in [1.807, 2.05) is 12.1 Å². The number of hydrogen-bond acceptors (Lipinski definition) is 9. The minimum atomic E-state index is -0.319. The van der Waals surface area contributed by atoms with Gasteiger partial charge < -0.3 is 29.2 Å². The van der Waals surface area contributed by atoms with Crippen LogP contribution in [-0.2, 0) is 22.7 Å². The second-order valence-electron chi connectivity index (χ2n) is 9.20. The summed E-state index contributed by atoms with van der Waals surface area (Å²) in [4.78, 5) is 28.9. The highest BCUT2D eigenvalue weighted by molar-refractivity contribution is 5.84. The number of nitrogens with one attached hydrogen (secondary N) is 1. The number of carbonyl (C=O) groups excluding carboxylic acids is 2. The van der Waals surface area contributed by atoms with Crippen molar-refractivity contribution >= 4 is 11.8 Å². The number of tetrazole rings is 1. The van der Waals surface area contributed by atoms with E-state index in [4.69, 9.17) is 18.9 Å².